The number of benzene rings is 1. The second-order valence-electron chi connectivity index (χ2n) is 6.14. The van der Waals surface area contributed by atoms with Crippen molar-refractivity contribution in [3.8, 4) is 0 Å². The van der Waals surface area contributed by atoms with E-state index in [9.17, 15) is 0 Å². The van der Waals surface area contributed by atoms with E-state index in [1.54, 1.807) is 0 Å². The topological polar surface area (TPSA) is 15.3 Å². The lowest BCUT2D eigenvalue weighted by atomic mass is 10.0. The predicted molar refractivity (Wildman–Crippen MR) is 92.7 cm³/mol. The third-order valence-electron chi connectivity index (χ3n) is 4.38. The van der Waals surface area contributed by atoms with E-state index < -0.39 is 0 Å². The molecule has 1 saturated heterocycles. The molecule has 1 aliphatic heterocycles. The standard InChI is InChI=1S/C16H22Cl2N2.ClH/c17-14-3-4-16(18)13(9-14)11-20-7-5-15(6-8-20)19-10-12-1-2-12;/h3-4,9,12,15,19H,1-2,5-8,10-11H2;1H. The molecule has 1 N–H and O–H groups in total. The minimum absolute atomic E-state index is 0. The summed E-state index contributed by atoms with van der Waals surface area (Å²) in [6, 6.07) is 6.44. The molecule has 2 nitrogen and oxygen atoms in total. The van der Waals surface area contributed by atoms with Crippen LogP contribution in [-0.2, 0) is 6.54 Å². The van der Waals surface area contributed by atoms with Crippen molar-refractivity contribution in [2.75, 3.05) is 19.6 Å². The van der Waals surface area contributed by atoms with Crippen LogP contribution in [0.15, 0.2) is 18.2 Å². The Morgan fingerprint density at radius 1 is 1.10 bits per heavy atom. The first-order valence-electron chi connectivity index (χ1n) is 7.60. The van der Waals surface area contributed by atoms with E-state index in [0.29, 0.717) is 6.04 Å². The van der Waals surface area contributed by atoms with Crippen molar-refractivity contribution >= 4 is 35.6 Å². The third-order valence-corrected chi connectivity index (χ3v) is 4.99. The van der Waals surface area contributed by atoms with Gasteiger partial charge in [-0.3, -0.25) is 4.90 Å². The quantitative estimate of drug-likeness (QED) is 0.848. The second kappa shape index (κ2) is 8.03. The zero-order chi connectivity index (χ0) is 13.9. The average molecular weight is 350 g/mol. The van der Waals surface area contributed by atoms with Gasteiger partial charge < -0.3 is 5.32 Å². The van der Waals surface area contributed by atoms with Crippen molar-refractivity contribution < 1.29 is 0 Å². The molecule has 0 aromatic heterocycles. The van der Waals surface area contributed by atoms with Gasteiger partial charge in [0.1, 0.15) is 0 Å². The first-order valence-corrected chi connectivity index (χ1v) is 8.36. The molecule has 0 spiro atoms. The number of hydrogen-bond donors (Lipinski definition) is 1. The van der Waals surface area contributed by atoms with E-state index >= 15 is 0 Å². The highest BCUT2D eigenvalue weighted by molar-refractivity contribution is 6.33. The molecule has 1 aromatic carbocycles. The van der Waals surface area contributed by atoms with Gasteiger partial charge in [-0.2, -0.15) is 0 Å². The molecule has 1 heterocycles. The minimum Gasteiger partial charge on any atom is -0.314 e. The highest BCUT2D eigenvalue weighted by Gasteiger charge is 2.24. The van der Waals surface area contributed by atoms with Crippen LogP contribution in [0.1, 0.15) is 31.2 Å². The van der Waals surface area contributed by atoms with Crippen molar-refractivity contribution in [2.24, 2.45) is 5.92 Å². The number of likely N-dealkylation sites (tertiary alicyclic amines) is 1. The molecule has 5 heteroatoms. The third kappa shape index (κ3) is 5.30. The summed E-state index contributed by atoms with van der Waals surface area (Å²) in [6.45, 7) is 4.43. The zero-order valence-electron chi connectivity index (χ0n) is 12.2. The number of rotatable bonds is 5. The van der Waals surface area contributed by atoms with E-state index in [1.807, 2.05) is 18.2 Å². The Morgan fingerprint density at radius 3 is 2.48 bits per heavy atom. The Labute approximate surface area is 143 Å². The molecule has 1 aromatic rings. The maximum absolute atomic E-state index is 6.24. The summed E-state index contributed by atoms with van der Waals surface area (Å²) in [6.07, 6.45) is 5.34. The van der Waals surface area contributed by atoms with Crippen LogP contribution in [0.25, 0.3) is 0 Å². The largest absolute Gasteiger partial charge is 0.314 e. The van der Waals surface area contributed by atoms with Crippen LogP contribution in [0.2, 0.25) is 10.0 Å². The molecule has 0 atom stereocenters. The van der Waals surface area contributed by atoms with Gasteiger partial charge in [0.25, 0.3) is 0 Å². The van der Waals surface area contributed by atoms with Crippen LogP contribution in [0.3, 0.4) is 0 Å². The van der Waals surface area contributed by atoms with Crippen LogP contribution in [0.5, 0.6) is 0 Å². The lowest BCUT2D eigenvalue weighted by Crippen LogP contribution is -2.42. The van der Waals surface area contributed by atoms with Crippen molar-refractivity contribution in [1.82, 2.24) is 10.2 Å². The lowest BCUT2D eigenvalue weighted by Gasteiger charge is -2.32. The Balaban J connectivity index is 0.00000161. The van der Waals surface area contributed by atoms with Gasteiger partial charge in [0.15, 0.2) is 0 Å². The molecular weight excluding hydrogens is 327 g/mol. The summed E-state index contributed by atoms with van der Waals surface area (Å²) < 4.78 is 0. The number of halogens is 3. The fourth-order valence-electron chi connectivity index (χ4n) is 2.86. The van der Waals surface area contributed by atoms with E-state index in [2.05, 4.69) is 10.2 Å². The summed E-state index contributed by atoms with van der Waals surface area (Å²) in [5.74, 6) is 0.971. The molecule has 2 fully saturated rings. The van der Waals surface area contributed by atoms with Gasteiger partial charge in [-0.1, -0.05) is 23.2 Å². The first kappa shape index (κ1) is 17.4. The normalized spacial score (nSPS) is 20.3. The Morgan fingerprint density at radius 2 is 1.81 bits per heavy atom. The summed E-state index contributed by atoms with van der Waals surface area (Å²) in [5.41, 5.74) is 1.14. The fraction of sp³-hybridized carbons (Fsp3) is 0.625. The zero-order valence-corrected chi connectivity index (χ0v) is 14.5. The van der Waals surface area contributed by atoms with E-state index in [4.69, 9.17) is 23.2 Å². The number of nitrogens with one attached hydrogen (secondary N) is 1. The molecule has 0 amide bonds. The van der Waals surface area contributed by atoms with Gasteiger partial charge in [-0.15, -0.1) is 12.4 Å². The van der Waals surface area contributed by atoms with E-state index in [1.165, 1.54) is 32.2 Å². The number of piperidine rings is 1. The Hall–Kier alpha value is 0.01000. The molecule has 0 radical (unpaired) electrons. The molecule has 21 heavy (non-hydrogen) atoms. The highest BCUT2D eigenvalue weighted by atomic mass is 35.5. The lowest BCUT2D eigenvalue weighted by molar-refractivity contribution is 0.190. The van der Waals surface area contributed by atoms with Crippen LogP contribution in [0, 0.1) is 5.92 Å². The van der Waals surface area contributed by atoms with Gasteiger partial charge in [0.05, 0.1) is 0 Å². The maximum atomic E-state index is 6.24. The summed E-state index contributed by atoms with van der Waals surface area (Å²) in [5, 5.41) is 5.31. The van der Waals surface area contributed by atoms with Crippen LogP contribution >= 0.6 is 35.6 Å². The van der Waals surface area contributed by atoms with Crippen molar-refractivity contribution in [1.29, 1.82) is 0 Å². The van der Waals surface area contributed by atoms with Crippen molar-refractivity contribution in [3.05, 3.63) is 33.8 Å². The summed E-state index contributed by atoms with van der Waals surface area (Å²) in [7, 11) is 0. The molecule has 118 valence electrons. The second-order valence-corrected chi connectivity index (χ2v) is 6.98. The molecule has 3 rings (SSSR count). The minimum atomic E-state index is 0. The van der Waals surface area contributed by atoms with Crippen molar-refractivity contribution in [3.63, 3.8) is 0 Å². The van der Waals surface area contributed by atoms with Gasteiger partial charge in [-0.05, 0) is 75.0 Å². The molecule has 1 aliphatic carbocycles. The van der Waals surface area contributed by atoms with Crippen molar-refractivity contribution in [2.45, 2.75) is 38.3 Å². The average Bonchev–Trinajstić information content (AvgIpc) is 3.26. The van der Waals surface area contributed by atoms with Gasteiger partial charge >= 0.3 is 0 Å². The first-order chi connectivity index (χ1) is 9.70. The van der Waals surface area contributed by atoms with E-state index in [-0.39, 0.29) is 12.4 Å². The number of hydrogen-bond acceptors (Lipinski definition) is 2. The molecule has 0 bridgehead atoms. The van der Waals surface area contributed by atoms with Crippen LogP contribution < -0.4 is 5.32 Å². The monoisotopic (exact) mass is 348 g/mol. The SMILES string of the molecule is Cl.Clc1ccc(Cl)c(CN2CCC(NCC3CC3)CC2)c1. The molecular formula is C16H23Cl3N2. The molecule has 1 saturated carbocycles. The number of nitrogens with zero attached hydrogens (tertiary/aromatic N) is 1. The van der Waals surface area contributed by atoms with Gasteiger partial charge in [-0.25, -0.2) is 0 Å². The Bertz CT molecular complexity index is 455. The molecule has 0 unspecified atom stereocenters. The predicted octanol–water partition coefficient (Wildman–Crippen LogP) is 4.38. The highest BCUT2D eigenvalue weighted by Crippen LogP contribution is 2.28. The van der Waals surface area contributed by atoms with Crippen LogP contribution in [-0.4, -0.2) is 30.6 Å². The molecule has 2 aliphatic rings. The van der Waals surface area contributed by atoms with Gasteiger partial charge in [0, 0.05) is 22.6 Å². The fourth-order valence-corrected chi connectivity index (χ4v) is 3.23. The summed E-state index contributed by atoms with van der Waals surface area (Å²) in [4.78, 5) is 2.48. The summed E-state index contributed by atoms with van der Waals surface area (Å²) >= 11 is 12.3. The Kier molecular flexibility index (Phi) is 6.64. The maximum Gasteiger partial charge on any atom is 0.0452 e. The van der Waals surface area contributed by atoms with E-state index in [0.717, 1.165) is 41.2 Å². The van der Waals surface area contributed by atoms with Gasteiger partial charge in [0.2, 0.25) is 0 Å². The van der Waals surface area contributed by atoms with Crippen LogP contribution in [0.4, 0.5) is 0 Å². The smallest absolute Gasteiger partial charge is 0.0452 e.